The predicted molar refractivity (Wildman–Crippen MR) is 138 cm³/mol. The van der Waals surface area contributed by atoms with E-state index in [0.29, 0.717) is 11.8 Å². The van der Waals surface area contributed by atoms with Crippen molar-refractivity contribution in [3.05, 3.63) is 47.5 Å². The van der Waals surface area contributed by atoms with Crippen LogP contribution in [0.3, 0.4) is 0 Å². The maximum atomic E-state index is 10.1. The monoisotopic (exact) mass is 472 g/mol. The summed E-state index contributed by atoms with van der Waals surface area (Å²) >= 11 is 1.81. The number of fused-ring (bicyclic) bond motifs is 1. The second-order valence-electron chi connectivity index (χ2n) is 9.01. The molecule has 0 aliphatic heterocycles. The summed E-state index contributed by atoms with van der Waals surface area (Å²) in [7, 11) is 0. The molecule has 0 heterocycles. The molecule has 1 aliphatic rings. The number of nitrogens with one attached hydrogen (secondary N) is 1. The number of thioether (sulfide) groups is 1. The highest BCUT2D eigenvalue weighted by Gasteiger charge is 2.26. The second-order valence-corrected chi connectivity index (χ2v) is 10.2. The Balaban J connectivity index is 1.27. The Hall–Kier alpha value is -1.89. The molecule has 0 aromatic heterocycles. The van der Waals surface area contributed by atoms with Gasteiger partial charge in [-0.05, 0) is 94.1 Å². The normalized spacial score (nSPS) is 15.6. The van der Waals surface area contributed by atoms with Gasteiger partial charge in [-0.1, -0.05) is 25.8 Å². The molecular formula is C27H40N2O3S. The molecule has 1 aliphatic carbocycles. The van der Waals surface area contributed by atoms with E-state index in [1.807, 2.05) is 30.0 Å². The first kappa shape index (κ1) is 25.7. The van der Waals surface area contributed by atoms with Crippen LogP contribution in [-0.4, -0.2) is 58.2 Å². The van der Waals surface area contributed by atoms with E-state index in [-0.39, 0.29) is 11.5 Å². The number of benzene rings is 2. The van der Waals surface area contributed by atoms with Crippen LogP contribution in [0.2, 0.25) is 0 Å². The van der Waals surface area contributed by atoms with Crippen molar-refractivity contribution in [1.29, 1.82) is 0 Å². The number of hydrogen-bond acceptors (Lipinski definition) is 6. The van der Waals surface area contributed by atoms with Crippen LogP contribution in [0.1, 0.15) is 56.6 Å². The number of aromatic hydroxyl groups is 3. The first-order valence-corrected chi connectivity index (χ1v) is 13.5. The molecule has 0 unspecified atom stereocenters. The van der Waals surface area contributed by atoms with Gasteiger partial charge in [-0.15, -0.1) is 11.8 Å². The lowest BCUT2D eigenvalue weighted by molar-refractivity contribution is 0.175. The van der Waals surface area contributed by atoms with Crippen LogP contribution in [0.5, 0.6) is 17.2 Å². The van der Waals surface area contributed by atoms with Crippen molar-refractivity contribution < 1.29 is 15.3 Å². The van der Waals surface area contributed by atoms with Crippen molar-refractivity contribution in [2.45, 2.75) is 69.2 Å². The Kier molecular flexibility index (Phi) is 10.7. The number of nitrogens with zero attached hydrogens (tertiary/aromatic N) is 1. The van der Waals surface area contributed by atoms with Crippen LogP contribution >= 0.6 is 11.8 Å². The van der Waals surface area contributed by atoms with Gasteiger partial charge in [-0.2, -0.15) is 0 Å². The van der Waals surface area contributed by atoms with Crippen molar-refractivity contribution in [3.63, 3.8) is 0 Å². The van der Waals surface area contributed by atoms with Crippen molar-refractivity contribution in [3.8, 4) is 17.2 Å². The minimum atomic E-state index is 0.00296. The molecular weight excluding hydrogens is 432 g/mol. The molecule has 182 valence electrons. The minimum Gasteiger partial charge on any atom is -0.508 e. The molecule has 2 aromatic carbocycles. The van der Waals surface area contributed by atoms with Crippen LogP contribution in [-0.2, 0) is 12.8 Å². The van der Waals surface area contributed by atoms with E-state index in [1.165, 1.54) is 36.1 Å². The maximum absolute atomic E-state index is 10.1. The van der Waals surface area contributed by atoms with Gasteiger partial charge < -0.3 is 25.5 Å². The maximum Gasteiger partial charge on any atom is 0.160 e. The summed E-state index contributed by atoms with van der Waals surface area (Å²) in [6, 6.07) is 11.5. The summed E-state index contributed by atoms with van der Waals surface area (Å²) in [5, 5.41) is 32.8. The third-order valence-electron chi connectivity index (χ3n) is 6.50. The lowest BCUT2D eigenvalue weighted by Gasteiger charge is -2.35. The summed E-state index contributed by atoms with van der Waals surface area (Å²) in [6.45, 7) is 6.61. The van der Waals surface area contributed by atoms with Gasteiger partial charge in [0.1, 0.15) is 5.75 Å². The fourth-order valence-electron chi connectivity index (χ4n) is 4.71. The first-order valence-electron chi connectivity index (χ1n) is 12.5. The van der Waals surface area contributed by atoms with Gasteiger partial charge in [-0.25, -0.2) is 0 Å². The average molecular weight is 473 g/mol. The molecule has 0 amide bonds. The molecule has 4 N–H and O–H groups in total. The highest BCUT2D eigenvalue weighted by molar-refractivity contribution is 7.99. The van der Waals surface area contributed by atoms with Crippen LogP contribution < -0.4 is 5.32 Å². The fraction of sp³-hybridized carbons (Fsp3) is 0.556. The molecule has 0 saturated carbocycles. The molecule has 2 aromatic rings. The van der Waals surface area contributed by atoms with E-state index >= 15 is 0 Å². The van der Waals surface area contributed by atoms with E-state index < -0.39 is 0 Å². The summed E-state index contributed by atoms with van der Waals surface area (Å²) in [5.74, 6) is 1.45. The number of hydrogen-bond donors (Lipinski definition) is 4. The van der Waals surface area contributed by atoms with Crippen molar-refractivity contribution in [2.75, 3.05) is 31.9 Å². The molecule has 0 fully saturated rings. The van der Waals surface area contributed by atoms with E-state index in [0.717, 1.165) is 63.2 Å². The van der Waals surface area contributed by atoms with Crippen LogP contribution in [0.15, 0.2) is 41.3 Å². The molecule has 3 rings (SSSR count). The third kappa shape index (κ3) is 8.13. The van der Waals surface area contributed by atoms with E-state index in [9.17, 15) is 15.3 Å². The SMILES string of the molecule is CCCN(CCCCCCNCCSc1ccc(O)cc1)[C@H]1CCc2c(ccc(O)c2O)C1. The molecule has 0 radical (unpaired) electrons. The fourth-order valence-corrected chi connectivity index (χ4v) is 5.52. The zero-order valence-electron chi connectivity index (χ0n) is 19.9. The smallest absolute Gasteiger partial charge is 0.160 e. The van der Waals surface area contributed by atoms with E-state index in [2.05, 4.69) is 17.1 Å². The number of phenolic OH excluding ortho intramolecular Hbond substituents is 3. The summed E-state index contributed by atoms with van der Waals surface area (Å²) < 4.78 is 0. The predicted octanol–water partition coefficient (Wildman–Crippen LogP) is 5.32. The van der Waals surface area contributed by atoms with Crippen LogP contribution in [0.4, 0.5) is 0 Å². The third-order valence-corrected chi connectivity index (χ3v) is 7.52. The Morgan fingerprint density at radius 2 is 1.73 bits per heavy atom. The van der Waals surface area contributed by atoms with Crippen LogP contribution in [0, 0.1) is 0 Å². The summed E-state index contributed by atoms with van der Waals surface area (Å²) in [6.07, 6.45) is 9.01. The van der Waals surface area contributed by atoms with E-state index in [1.54, 1.807) is 18.2 Å². The molecule has 33 heavy (non-hydrogen) atoms. The van der Waals surface area contributed by atoms with Crippen molar-refractivity contribution >= 4 is 11.8 Å². The lowest BCUT2D eigenvalue weighted by Crippen LogP contribution is -2.40. The summed E-state index contributed by atoms with van der Waals surface area (Å²) in [5.41, 5.74) is 2.13. The van der Waals surface area contributed by atoms with Crippen molar-refractivity contribution in [1.82, 2.24) is 10.2 Å². The van der Waals surface area contributed by atoms with Gasteiger partial charge in [-0.3, -0.25) is 0 Å². The molecule has 0 spiro atoms. The van der Waals surface area contributed by atoms with Gasteiger partial charge >= 0.3 is 0 Å². The number of phenols is 3. The Bertz CT molecular complexity index is 844. The largest absolute Gasteiger partial charge is 0.508 e. The second kappa shape index (κ2) is 13.7. The average Bonchev–Trinajstić information content (AvgIpc) is 2.83. The van der Waals surface area contributed by atoms with Crippen LogP contribution in [0.25, 0.3) is 0 Å². The highest BCUT2D eigenvalue weighted by Crippen LogP contribution is 2.36. The molecule has 5 nitrogen and oxygen atoms in total. The Labute approximate surface area is 203 Å². The standard InChI is InChI=1S/C27H40N2O3S/c1-2-17-29(22-8-13-25-21(20-22)7-14-26(31)27(25)32)18-6-4-3-5-15-28-16-19-33-24-11-9-23(30)10-12-24/h7,9-12,14,22,28,30-32H,2-6,8,13,15-20H2,1H3/t22-/m0/s1. The van der Waals surface area contributed by atoms with Gasteiger partial charge in [0.15, 0.2) is 11.5 Å². The molecule has 6 heteroatoms. The van der Waals surface area contributed by atoms with Crippen molar-refractivity contribution in [2.24, 2.45) is 0 Å². The van der Waals surface area contributed by atoms with Gasteiger partial charge in [0.2, 0.25) is 0 Å². The zero-order valence-corrected chi connectivity index (χ0v) is 20.7. The summed E-state index contributed by atoms with van der Waals surface area (Å²) in [4.78, 5) is 3.84. The number of unbranched alkanes of at least 4 members (excludes halogenated alkanes) is 3. The Morgan fingerprint density at radius 3 is 2.52 bits per heavy atom. The quantitative estimate of drug-likeness (QED) is 0.169. The molecule has 0 saturated heterocycles. The topological polar surface area (TPSA) is 76.0 Å². The first-order chi connectivity index (χ1) is 16.1. The van der Waals surface area contributed by atoms with Gasteiger partial charge in [0.05, 0.1) is 0 Å². The molecule has 0 bridgehead atoms. The number of rotatable bonds is 14. The zero-order chi connectivity index (χ0) is 23.5. The van der Waals surface area contributed by atoms with Gasteiger partial charge in [0.25, 0.3) is 0 Å². The highest BCUT2D eigenvalue weighted by atomic mass is 32.2. The van der Waals surface area contributed by atoms with Gasteiger partial charge in [0, 0.05) is 28.8 Å². The molecule has 1 atom stereocenters. The van der Waals surface area contributed by atoms with E-state index in [4.69, 9.17) is 0 Å². The lowest BCUT2D eigenvalue weighted by atomic mass is 9.86. The minimum absolute atomic E-state index is 0.00296. The Morgan fingerprint density at radius 1 is 0.939 bits per heavy atom.